The van der Waals surface area contributed by atoms with Gasteiger partial charge in [0.05, 0.1) is 12.1 Å². The maximum absolute atomic E-state index is 12.1. The van der Waals surface area contributed by atoms with Gasteiger partial charge in [0.1, 0.15) is 11.4 Å². The second-order valence-corrected chi connectivity index (χ2v) is 5.03. The van der Waals surface area contributed by atoms with Gasteiger partial charge in [0.25, 0.3) is 5.91 Å². The normalized spacial score (nSPS) is 10.7. The Hall–Kier alpha value is -3.16. The zero-order valence-electron chi connectivity index (χ0n) is 12.7. The second-order valence-electron chi connectivity index (χ2n) is 5.03. The smallest absolute Gasteiger partial charge is 0.272 e. The number of nitrogens with one attached hydrogen (secondary N) is 2. The van der Waals surface area contributed by atoms with E-state index in [4.69, 9.17) is 4.52 Å². The molecule has 3 aromatic rings. The summed E-state index contributed by atoms with van der Waals surface area (Å²) in [5.41, 5.74) is 2.17. The molecule has 0 saturated heterocycles. The third-order valence-corrected chi connectivity index (χ3v) is 3.31. The van der Waals surface area contributed by atoms with E-state index in [0.29, 0.717) is 17.1 Å². The largest absolute Gasteiger partial charge is 0.359 e. The van der Waals surface area contributed by atoms with Gasteiger partial charge in [0, 0.05) is 6.20 Å². The molecule has 3 aromatic heterocycles. The first-order chi connectivity index (χ1) is 11.0. The molecule has 0 spiro atoms. The molecular formula is C15H15N5O3. The lowest BCUT2D eigenvalue weighted by Crippen LogP contribution is -2.33. The topological polar surface area (TPSA) is 102 Å². The number of aromatic nitrogens is 3. The quantitative estimate of drug-likeness (QED) is 0.756. The molecule has 0 radical (unpaired) electrons. The number of hydrogen-bond acceptors (Lipinski definition) is 5. The minimum Gasteiger partial charge on any atom is -0.359 e. The van der Waals surface area contributed by atoms with Crippen LogP contribution in [0.25, 0.3) is 5.52 Å². The van der Waals surface area contributed by atoms with E-state index in [1.54, 1.807) is 30.6 Å². The van der Waals surface area contributed by atoms with Crippen molar-refractivity contribution in [2.45, 2.75) is 13.8 Å². The van der Waals surface area contributed by atoms with Gasteiger partial charge >= 0.3 is 0 Å². The molecule has 0 fully saturated rings. The molecule has 2 amide bonds. The number of amides is 2. The molecule has 8 nitrogen and oxygen atoms in total. The van der Waals surface area contributed by atoms with Crippen LogP contribution in [0.3, 0.4) is 0 Å². The predicted molar refractivity (Wildman–Crippen MR) is 82.1 cm³/mol. The molecule has 3 rings (SSSR count). The van der Waals surface area contributed by atoms with Crippen molar-refractivity contribution in [1.29, 1.82) is 0 Å². The average Bonchev–Trinajstić information content (AvgIpc) is 3.11. The maximum atomic E-state index is 12.1. The fraction of sp³-hybridized carbons (Fsp3) is 0.200. The number of aryl methyl sites for hydroxylation is 2. The minimum absolute atomic E-state index is 0.170. The number of pyridine rings is 1. The number of carbonyl (C=O) groups excluding carboxylic acids is 2. The Morgan fingerprint density at radius 3 is 2.83 bits per heavy atom. The second kappa shape index (κ2) is 5.91. The monoisotopic (exact) mass is 313 g/mol. The zero-order valence-corrected chi connectivity index (χ0v) is 12.7. The van der Waals surface area contributed by atoms with Gasteiger partial charge in [-0.2, -0.15) is 5.10 Å². The Morgan fingerprint density at radius 2 is 2.13 bits per heavy atom. The summed E-state index contributed by atoms with van der Waals surface area (Å²) in [6.45, 7) is 3.25. The van der Waals surface area contributed by atoms with Crippen LogP contribution in [0.1, 0.15) is 21.9 Å². The van der Waals surface area contributed by atoms with Crippen LogP contribution in [-0.2, 0) is 4.79 Å². The molecule has 0 saturated carbocycles. The highest BCUT2D eigenvalue weighted by Gasteiger charge is 2.15. The molecule has 0 aromatic carbocycles. The number of fused-ring (bicyclic) bond motifs is 1. The van der Waals surface area contributed by atoms with Gasteiger partial charge < -0.3 is 15.2 Å². The first-order valence-corrected chi connectivity index (χ1v) is 7.00. The average molecular weight is 313 g/mol. The van der Waals surface area contributed by atoms with Crippen molar-refractivity contribution in [2.75, 3.05) is 11.9 Å². The van der Waals surface area contributed by atoms with Crippen molar-refractivity contribution in [3.05, 3.63) is 47.6 Å². The van der Waals surface area contributed by atoms with E-state index < -0.39 is 5.91 Å². The van der Waals surface area contributed by atoms with E-state index in [9.17, 15) is 9.59 Å². The number of anilines is 1. The van der Waals surface area contributed by atoms with E-state index >= 15 is 0 Å². The summed E-state index contributed by atoms with van der Waals surface area (Å²) in [4.78, 5) is 24.0. The maximum Gasteiger partial charge on any atom is 0.272 e. The van der Waals surface area contributed by atoms with E-state index in [0.717, 1.165) is 5.52 Å². The lowest BCUT2D eigenvalue weighted by molar-refractivity contribution is -0.115. The van der Waals surface area contributed by atoms with E-state index in [2.05, 4.69) is 20.9 Å². The van der Waals surface area contributed by atoms with Crippen LogP contribution in [-0.4, -0.2) is 33.1 Å². The SMILES string of the molecule is Cc1noc(C)c1NC(=O)CNC(=O)c1cc2ccccn2n1. The fourth-order valence-corrected chi connectivity index (χ4v) is 2.15. The van der Waals surface area contributed by atoms with Crippen molar-refractivity contribution >= 4 is 23.0 Å². The highest BCUT2D eigenvalue weighted by Crippen LogP contribution is 2.18. The third-order valence-electron chi connectivity index (χ3n) is 3.31. The summed E-state index contributed by atoms with van der Waals surface area (Å²) in [6, 6.07) is 7.17. The number of hydrogen-bond donors (Lipinski definition) is 2. The first-order valence-electron chi connectivity index (χ1n) is 7.00. The van der Waals surface area contributed by atoms with Crippen molar-refractivity contribution in [3.63, 3.8) is 0 Å². The molecular weight excluding hydrogens is 298 g/mol. The van der Waals surface area contributed by atoms with Crippen LogP contribution < -0.4 is 10.6 Å². The minimum atomic E-state index is -0.414. The van der Waals surface area contributed by atoms with Crippen LogP contribution >= 0.6 is 0 Å². The standard InChI is InChI=1S/C15H15N5O3/c1-9-14(10(2)23-19-9)17-13(21)8-16-15(22)12-7-11-5-3-4-6-20(11)18-12/h3-7H,8H2,1-2H3,(H,16,22)(H,17,21). The van der Waals surface area contributed by atoms with Gasteiger partial charge in [-0.25, -0.2) is 4.52 Å². The zero-order chi connectivity index (χ0) is 16.4. The van der Waals surface area contributed by atoms with Crippen molar-refractivity contribution < 1.29 is 14.1 Å². The summed E-state index contributed by atoms with van der Waals surface area (Å²) >= 11 is 0. The Balaban J connectivity index is 1.61. The number of carbonyl (C=O) groups is 2. The molecule has 23 heavy (non-hydrogen) atoms. The molecule has 118 valence electrons. The summed E-state index contributed by atoms with van der Waals surface area (Å²) < 4.78 is 6.56. The van der Waals surface area contributed by atoms with Gasteiger partial charge in [-0.15, -0.1) is 0 Å². The Kier molecular flexibility index (Phi) is 3.80. The lowest BCUT2D eigenvalue weighted by atomic mass is 10.3. The van der Waals surface area contributed by atoms with Gasteiger partial charge in [-0.05, 0) is 32.0 Å². The summed E-state index contributed by atoms with van der Waals surface area (Å²) in [5, 5.41) is 13.1. The fourth-order valence-electron chi connectivity index (χ4n) is 2.15. The van der Waals surface area contributed by atoms with Crippen LogP contribution in [0.15, 0.2) is 35.0 Å². The summed E-state index contributed by atoms with van der Waals surface area (Å²) in [5.74, 6) is -0.262. The van der Waals surface area contributed by atoms with E-state index in [-0.39, 0.29) is 18.1 Å². The first kappa shape index (κ1) is 14.8. The third kappa shape index (κ3) is 3.05. The molecule has 0 aliphatic heterocycles. The van der Waals surface area contributed by atoms with Crippen LogP contribution in [0.5, 0.6) is 0 Å². The lowest BCUT2D eigenvalue weighted by Gasteiger charge is -2.05. The van der Waals surface area contributed by atoms with Crippen LogP contribution in [0, 0.1) is 13.8 Å². The Morgan fingerprint density at radius 1 is 1.30 bits per heavy atom. The summed E-state index contributed by atoms with van der Waals surface area (Å²) in [6.07, 6.45) is 1.75. The van der Waals surface area contributed by atoms with Crippen LogP contribution in [0.2, 0.25) is 0 Å². The molecule has 3 heterocycles. The molecule has 2 N–H and O–H groups in total. The molecule has 0 aliphatic carbocycles. The highest BCUT2D eigenvalue weighted by molar-refractivity contribution is 5.99. The van der Waals surface area contributed by atoms with E-state index in [1.165, 1.54) is 0 Å². The van der Waals surface area contributed by atoms with E-state index in [1.807, 2.05) is 18.2 Å². The number of rotatable bonds is 4. The molecule has 8 heteroatoms. The van der Waals surface area contributed by atoms with Gasteiger partial charge in [-0.3, -0.25) is 9.59 Å². The highest BCUT2D eigenvalue weighted by atomic mass is 16.5. The Bertz CT molecular complexity index is 828. The van der Waals surface area contributed by atoms with Crippen LogP contribution in [0.4, 0.5) is 5.69 Å². The number of nitrogens with zero attached hydrogens (tertiary/aromatic N) is 3. The molecule has 0 aliphatic rings. The summed E-state index contributed by atoms with van der Waals surface area (Å²) in [7, 11) is 0. The van der Waals surface area contributed by atoms with Gasteiger partial charge in [0.15, 0.2) is 11.5 Å². The Labute approximate surface area is 131 Å². The van der Waals surface area contributed by atoms with Gasteiger partial charge in [-0.1, -0.05) is 11.2 Å². The van der Waals surface area contributed by atoms with Crippen molar-refractivity contribution in [1.82, 2.24) is 20.1 Å². The van der Waals surface area contributed by atoms with Gasteiger partial charge in [0.2, 0.25) is 5.91 Å². The van der Waals surface area contributed by atoms with Crippen molar-refractivity contribution in [3.8, 4) is 0 Å². The predicted octanol–water partition coefficient (Wildman–Crippen LogP) is 1.31. The molecule has 0 unspecified atom stereocenters. The van der Waals surface area contributed by atoms with Crippen molar-refractivity contribution in [2.24, 2.45) is 0 Å². The molecule has 0 bridgehead atoms. The molecule has 0 atom stereocenters.